The van der Waals surface area contributed by atoms with Crippen LogP contribution in [0.25, 0.3) is 22.6 Å². The molecule has 0 spiro atoms. The molecule has 0 amide bonds. The van der Waals surface area contributed by atoms with Crippen molar-refractivity contribution in [2.75, 3.05) is 33.5 Å². The minimum absolute atomic E-state index is 0.0460. The molecule has 3 aromatic rings. The number of carbonyl (C=O) groups is 2. The van der Waals surface area contributed by atoms with Crippen molar-refractivity contribution < 1.29 is 28.2 Å². The molecule has 2 aromatic carbocycles. The Hall–Kier alpha value is -3.03. The fraction of sp³-hybridized carbons (Fsp3) is 0.400. The van der Waals surface area contributed by atoms with Gasteiger partial charge in [-0.25, -0.2) is 4.98 Å². The standard InChI is InChI=1S/C25H29NO6/c1-18-7-12-23-21(17-18)26-25(32-23)20-10-8-19(9-11-20)22(27)5-3-4-6-24(28)31-16-15-30-14-13-29-2/h7-12,17H,3-6,13-16H2,1-2H3. The van der Waals surface area contributed by atoms with Crippen LogP contribution in [0.5, 0.6) is 0 Å². The number of fused-ring (bicyclic) bond motifs is 1. The summed E-state index contributed by atoms with van der Waals surface area (Å²) in [6.07, 6.45) is 1.91. The van der Waals surface area contributed by atoms with Crippen molar-refractivity contribution in [3.63, 3.8) is 0 Å². The van der Waals surface area contributed by atoms with Gasteiger partial charge in [0.15, 0.2) is 11.4 Å². The number of nitrogens with zero attached hydrogens (tertiary/aromatic N) is 1. The number of hydrogen-bond donors (Lipinski definition) is 0. The molecule has 0 atom stereocenters. The van der Waals surface area contributed by atoms with Gasteiger partial charge in [-0.3, -0.25) is 9.59 Å². The summed E-state index contributed by atoms with van der Waals surface area (Å²) in [5.74, 6) is 0.308. The fourth-order valence-electron chi connectivity index (χ4n) is 3.19. The van der Waals surface area contributed by atoms with Crippen LogP contribution in [0.3, 0.4) is 0 Å². The number of esters is 1. The van der Waals surface area contributed by atoms with Gasteiger partial charge in [-0.05, 0) is 49.6 Å². The molecule has 1 heterocycles. The Morgan fingerprint density at radius 2 is 1.69 bits per heavy atom. The third kappa shape index (κ3) is 7.00. The maximum atomic E-state index is 12.4. The number of ether oxygens (including phenoxy) is 3. The second kappa shape index (κ2) is 12.1. The van der Waals surface area contributed by atoms with Crippen LogP contribution in [0.15, 0.2) is 46.9 Å². The zero-order valence-corrected chi connectivity index (χ0v) is 18.6. The topological polar surface area (TPSA) is 87.9 Å². The maximum absolute atomic E-state index is 12.4. The minimum atomic E-state index is -0.273. The molecule has 170 valence electrons. The van der Waals surface area contributed by atoms with Gasteiger partial charge in [0.05, 0.1) is 19.8 Å². The molecule has 0 aliphatic carbocycles. The highest BCUT2D eigenvalue weighted by molar-refractivity contribution is 5.96. The maximum Gasteiger partial charge on any atom is 0.305 e. The van der Waals surface area contributed by atoms with Crippen molar-refractivity contribution >= 4 is 22.9 Å². The number of hydrogen-bond acceptors (Lipinski definition) is 7. The van der Waals surface area contributed by atoms with Gasteiger partial charge in [0, 0.05) is 31.1 Å². The van der Waals surface area contributed by atoms with Gasteiger partial charge >= 0.3 is 5.97 Å². The average Bonchev–Trinajstić information content (AvgIpc) is 3.22. The van der Waals surface area contributed by atoms with Gasteiger partial charge in [0.25, 0.3) is 0 Å². The highest BCUT2D eigenvalue weighted by atomic mass is 16.6. The summed E-state index contributed by atoms with van der Waals surface area (Å²) in [6.45, 7) is 3.59. The Kier molecular flexibility index (Phi) is 8.95. The Balaban J connectivity index is 1.39. The number of unbranched alkanes of at least 4 members (excludes halogenated alkanes) is 1. The minimum Gasteiger partial charge on any atom is -0.463 e. The van der Waals surface area contributed by atoms with Crippen LogP contribution in [0.4, 0.5) is 0 Å². The molecule has 0 bridgehead atoms. The second-order valence-corrected chi connectivity index (χ2v) is 7.52. The van der Waals surface area contributed by atoms with Crippen LogP contribution in [0.2, 0.25) is 0 Å². The van der Waals surface area contributed by atoms with Crippen LogP contribution in [0, 0.1) is 6.92 Å². The first-order valence-corrected chi connectivity index (χ1v) is 10.8. The highest BCUT2D eigenvalue weighted by Gasteiger charge is 2.11. The second-order valence-electron chi connectivity index (χ2n) is 7.52. The number of aryl methyl sites for hydroxylation is 1. The molecule has 0 aliphatic rings. The summed E-state index contributed by atoms with van der Waals surface area (Å²) >= 11 is 0. The monoisotopic (exact) mass is 439 g/mol. The number of aromatic nitrogens is 1. The summed E-state index contributed by atoms with van der Waals surface area (Å²) in [5, 5.41) is 0. The number of carbonyl (C=O) groups excluding carboxylic acids is 2. The van der Waals surface area contributed by atoms with Crippen molar-refractivity contribution in [1.29, 1.82) is 0 Å². The van der Waals surface area contributed by atoms with E-state index >= 15 is 0 Å². The van der Waals surface area contributed by atoms with Gasteiger partial charge in [-0.2, -0.15) is 0 Å². The van der Waals surface area contributed by atoms with E-state index in [1.165, 1.54) is 0 Å². The van der Waals surface area contributed by atoms with Crippen molar-refractivity contribution in [2.45, 2.75) is 32.6 Å². The first-order chi connectivity index (χ1) is 15.6. The number of rotatable bonds is 13. The van der Waals surface area contributed by atoms with Crippen LogP contribution >= 0.6 is 0 Å². The quantitative estimate of drug-likeness (QED) is 0.216. The number of oxazole rings is 1. The van der Waals surface area contributed by atoms with Crippen LogP contribution in [-0.4, -0.2) is 50.3 Å². The smallest absolute Gasteiger partial charge is 0.305 e. The molecular weight excluding hydrogens is 410 g/mol. The summed E-state index contributed by atoms with van der Waals surface area (Å²) < 4.78 is 21.0. The number of Topliss-reactive ketones (excluding diaryl/α,β-unsaturated/α-hetero) is 1. The van der Waals surface area contributed by atoms with Crippen molar-refractivity contribution in [3.8, 4) is 11.5 Å². The van der Waals surface area contributed by atoms with Crippen molar-refractivity contribution in [3.05, 3.63) is 53.6 Å². The van der Waals surface area contributed by atoms with Crippen LogP contribution in [-0.2, 0) is 19.0 Å². The van der Waals surface area contributed by atoms with E-state index in [2.05, 4.69) is 4.98 Å². The van der Waals surface area contributed by atoms with E-state index in [0.717, 1.165) is 22.2 Å². The SMILES string of the molecule is COCCOCCOC(=O)CCCCC(=O)c1ccc(-c2nc3cc(C)ccc3o2)cc1. The molecule has 0 saturated heterocycles. The molecule has 3 rings (SSSR count). The Morgan fingerprint density at radius 1 is 0.938 bits per heavy atom. The summed E-state index contributed by atoms with van der Waals surface area (Å²) in [4.78, 5) is 28.7. The first kappa shape index (κ1) is 23.6. The van der Waals surface area contributed by atoms with Crippen LogP contribution in [0.1, 0.15) is 41.6 Å². The molecule has 0 aliphatic heterocycles. The third-order valence-electron chi connectivity index (χ3n) is 4.95. The molecule has 7 heteroatoms. The van der Waals surface area contributed by atoms with Gasteiger partial charge in [0.2, 0.25) is 5.89 Å². The summed E-state index contributed by atoms with van der Waals surface area (Å²) in [6, 6.07) is 13.1. The average molecular weight is 440 g/mol. The van der Waals surface area contributed by atoms with Gasteiger partial charge in [-0.1, -0.05) is 18.2 Å². The van der Waals surface area contributed by atoms with E-state index in [1.807, 2.05) is 37.3 Å². The first-order valence-electron chi connectivity index (χ1n) is 10.8. The molecule has 7 nitrogen and oxygen atoms in total. The molecule has 0 unspecified atom stereocenters. The summed E-state index contributed by atoms with van der Waals surface area (Å²) in [7, 11) is 1.60. The third-order valence-corrected chi connectivity index (χ3v) is 4.95. The Morgan fingerprint density at radius 3 is 2.47 bits per heavy atom. The van der Waals surface area contributed by atoms with E-state index in [1.54, 1.807) is 19.2 Å². The molecule has 0 radical (unpaired) electrons. The molecule has 0 fully saturated rings. The zero-order chi connectivity index (χ0) is 22.8. The molecule has 0 saturated carbocycles. The lowest BCUT2D eigenvalue weighted by atomic mass is 10.0. The lowest BCUT2D eigenvalue weighted by Gasteiger charge is -2.06. The largest absolute Gasteiger partial charge is 0.463 e. The molecule has 1 aromatic heterocycles. The van der Waals surface area contributed by atoms with E-state index in [-0.39, 0.29) is 18.4 Å². The molecule has 32 heavy (non-hydrogen) atoms. The number of ketones is 1. The predicted octanol–water partition coefficient (Wildman–Crippen LogP) is 4.75. The Labute approximate surface area is 187 Å². The van der Waals surface area contributed by atoms with Crippen LogP contribution < -0.4 is 0 Å². The van der Waals surface area contributed by atoms with E-state index < -0.39 is 0 Å². The Bertz CT molecular complexity index is 1020. The number of benzene rings is 2. The van der Waals surface area contributed by atoms with Gasteiger partial charge in [-0.15, -0.1) is 0 Å². The normalized spacial score (nSPS) is 11.1. The molecular formula is C25H29NO6. The lowest BCUT2D eigenvalue weighted by Crippen LogP contribution is -2.12. The number of methoxy groups -OCH3 is 1. The van der Waals surface area contributed by atoms with E-state index in [0.29, 0.717) is 57.0 Å². The lowest BCUT2D eigenvalue weighted by molar-refractivity contribution is -0.145. The summed E-state index contributed by atoms with van der Waals surface area (Å²) in [5.41, 5.74) is 4.14. The predicted molar refractivity (Wildman–Crippen MR) is 121 cm³/mol. The van der Waals surface area contributed by atoms with Crippen molar-refractivity contribution in [1.82, 2.24) is 4.98 Å². The van der Waals surface area contributed by atoms with Gasteiger partial charge in [0.1, 0.15) is 12.1 Å². The zero-order valence-electron chi connectivity index (χ0n) is 18.6. The van der Waals surface area contributed by atoms with Crippen molar-refractivity contribution in [2.24, 2.45) is 0 Å². The van der Waals surface area contributed by atoms with E-state index in [9.17, 15) is 9.59 Å². The molecule has 0 N–H and O–H groups in total. The van der Waals surface area contributed by atoms with E-state index in [4.69, 9.17) is 18.6 Å². The highest BCUT2D eigenvalue weighted by Crippen LogP contribution is 2.25. The fourth-order valence-corrected chi connectivity index (χ4v) is 3.19. The van der Waals surface area contributed by atoms with Gasteiger partial charge < -0.3 is 18.6 Å².